The molecule has 3 rings (SSSR count). The molecule has 0 radical (unpaired) electrons. The van der Waals surface area contributed by atoms with Crippen LogP contribution in [0.2, 0.25) is 0 Å². The summed E-state index contributed by atoms with van der Waals surface area (Å²) in [5, 5.41) is 8.83. The van der Waals surface area contributed by atoms with Gasteiger partial charge in [0.25, 0.3) is 5.91 Å². The van der Waals surface area contributed by atoms with Crippen molar-refractivity contribution in [3.63, 3.8) is 0 Å². The number of ether oxygens (including phenoxy) is 3. The molecule has 10 nitrogen and oxygen atoms in total. The van der Waals surface area contributed by atoms with Crippen LogP contribution in [0.5, 0.6) is 17.2 Å². The molecular weight excluding hydrogens is 332 g/mol. The molecule has 1 aromatic carbocycles. The zero-order valence-electron chi connectivity index (χ0n) is 13.3. The summed E-state index contributed by atoms with van der Waals surface area (Å²) in [5.41, 5.74) is 5.27. The molecule has 2 aliphatic rings. The Labute approximate surface area is 143 Å². The van der Waals surface area contributed by atoms with E-state index in [1.54, 1.807) is 18.2 Å². The number of nitrogens with two attached hydrogens (primary N) is 1. The van der Waals surface area contributed by atoms with Crippen LogP contribution in [0.3, 0.4) is 0 Å². The molecule has 0 fully saturated rings. The molecule has 0 aromatic heterocycles. The minimum absolute atomic E-state index is 0.171. The van der Waals surface area contributed by atoms with E-state index in [9.17, 15) is 9.59 Å². The van der Waals surface area contributed by atoms with E-state index in [2.05, 4.69) is 15.8 Å². The third-order valence-corrected chi connectivity index (χ3v) is 3.51. The van der Waals surface area contributed by atoms with Crippen molar-refractivity contribution < 1.29 is 28.6 Å². The highest BCUT2D eigenvalue weighted by molar-refractivity contribution is 6.38. The molecule has 134 valence electrons. The molecule has 2 aliphatic heterocycles. The molecule has 0 saturated carbocycles. The lowest BCUT2D eigenvalue weighted by atomic mass is 10.2. The first-order valence-electron chi connectivity index (χ1n) is 7.68. The maximum Gasteiger partial charge on any atom is 0.315 e. The van der Waals surface area contributed by atoms with Crippen LogP contribution in [0.15, 0.2) is 23.4 Å². The number of hydrogen-bond donors (Lipinski definition) is 3. The standard InChI is InChI=1S/C15H18N4O6/c16-14(20)11-5-10(25-19-11)7-18-15(21)17-3-4-22-9-1-2-12-13(6-9)24-8-23-12/h1-2,6,10H,3-5,7-8H2,(H2,16,20)(H2,17,18,21). The smallest absolute Gasteiger partial charge is 0.315 e. The topological polar surface area (TPSA) is 134 Å². The lowest BCUT2D eigenvalue weighted by molar-refractivity contribution is -0.112. The molecule has 0 aliphatic carbocycles. The summed E-state index contributed by atoms with van der Waals surface area (Å²) in [5.74, 6) is 1.33. The van der Waals surface area contributed by atoms with Crippen LogP contribution >= 0.6 is 0 Å². The van der Waals surface area contributed by atoms with Crippen LogP contribution in [-0.2, 0) is 9.63 Å². The first-order valence-corrected chi connectivity index (χ1v) is 7.68. The summed E-state index contributed by atoms with van der Waals surface area (Å²) in [6.45, 7) is 1.03. The van der Waals surface area contributed by atoms with Gasteiger partial charge in [-0.25, -0.2) is 4.79 Å². The number of carbonyl (C=O) groups excluding carboxylic acids is 2. The SMILES string of the molecule is NC(=O)C1=NOC(CNC(=O)NCCOc2ccc3c(c2)OCO3)C1. The molecule has 0 bridgehead atoms. The van der Waals surface area contributed by atoms with Crippen molar-refractivity contribution in [2.75, 3.05) is 26.5 Å². The fourth-order valence-corrected chi connectivity index (χ4v) is 2.25. The number of benzene rings is 1. The minimum Gasteiger partial charge on any atom is -0.492 e. The van der Waals surface area contributed by atoms with Gasteiger partial charge in [0.2, 0.25) is 6.79 Å². The Hall–Kier alpha value is -3.17. The summed E-state index contributed by atoms with van der Waals surface area (Å²) in [6, 6.07) is 4.89. The predicted octanol–water partition coefficient (Wildman–Crippen LogP) is -0.277. The van der Waals surface area contributed by atoms with Crippen LogP contribution in [-0.4, -0.2) is 50.2 Å². The highest BCUT2D eigenvalue weighted by Crippen LogP contribution is 2.34. The molecule has 1 unspecified atom stereocenters. The Morgan fingerprint density at radius 3 is 2.92 bits per heavy atom. The zero-order chi connectivity index (χ0) is 17.6. The lowest BCUT2D eigenvalue weighted by Crippen LogP contribution is -2.41. The van der Waals surface area contributed by atoms with Crippen molar-refractivity contribution >= 4 is 17.6 Å². The molecule has 0 saturated heterocycles. The summed E-state index contributed by atoms with van der Waals surface area (Å²) in [6.07, 6.45) is -0.110. The average molecular weight is 350 g/mol. The van der Waals surface area contributed by atoms with Gasteiger partial charge in [0.1, 0.15) is 18.1 Å². The Kier molecular flexibility index (Phi) is 5.07. The maximum atomic E-state index is 11.7. The van der Waals surface area contributed by atoms with E-state index < -0.39 is 12.0 Å². The summed E-state index contributed by atoms with van der Waals surface area (Å²) < 4.78 is 16.0. The van der Waals surface area contributed by atoms with Crippen LogP contribution in [0.25, 0.3) is 0 Å². The van der Waals surface area contributed by atoms with Gasteiger partial charge in [-0.3, -0.25) is 4.79 Å². The lowest BCUT2D eigenvalue weighted by Gasteiger charge is -2.11. The van der Waals surface area contributed by atoms with Gasteiger partial charge in [0, 0.05) is 12.5 Å². The molecule has 0 spiro atoms. The van der Waals surface area contributed by atoms with E-state index in [4.69, 9.17) is 24.8 Å². The number of primary amides is 1. The Morgan fingerprint density at radius 1 is 1.28 bits per heavy atom. The van der Waals surface area contributed by atoms with Crippen LogP contribution < -0.4 is 30.6 Å². The van der Waals surface area contributed by atoms with Gasteiger partial charge >= 0.3 is 6.03 Å². The number of rotatable bonds is 7. The quantitative estimate of drug-likeness (QED) is 0.579. The number of carbonyl (C=O) groups is 2. The summed E-state index contributed by atoms with van der Waals surface area (Å²) in [4.78, 5) is 27.6. The van der Waals surface area contributed by atoms with Crippen molar-refractivity contribution in [3.8, 4) is 17.2 Å². The van der Waals surface area contributed by atoms with Gasteiger partial charge in [-0.1, -0.05) is 5.16 Å². The Morgan fingerprint density at radius 2 is 2.12 bits per heavy atom. The number of hydrogen-bond acceptors (Lipinski definition) is 7. The minimum atomic E-state index is -0.618. The highest BCUT2D eigenvalue weighted by Gasteiger charge is 2.24. The van der Waals surface area contributed by atoms with Crippen molar-refractivity contribution in [2.45, 2.75) is 12.5 Å². The Balaban J connectivity index is 1.29. The molecule has 2 heterocycles. The van der Waals surface area contributed by atoms with Gasteiger partial charge in [-0.2, -0.15) is 0 Å². The maximum absolute atomic E-state index is 11.7. The van der Waals surface area contributed by atoms with Gasteiger partial charge < -0.3 is 35.4 Å². The predicted molar refractivity (Wildman–Crippen MR) is 85.6 cm³/mol. The number of amides is 3. The molecule has 25 heavy (non-hydrogen) atoms. The number of nitrogens with one attached hydrogen (secondary N) is 2. The van der Waals surface area contributed by atoms with Gasteiger partial charge in [-0.05, 0) is 12.1 Å². The molecule has 4 N–H and O–H groups in total. The van der Waals surface area contributed by atoms with E-state index >= 15 is 0 Å². The van der Waals surface area contributed by atoms with Crippen LogP contribution in [0.4, 0.5) is 4.79 Å². The van der Waals surface area contributed by atoms with Crippen LogP contribution in [0, 0.1) is 0 Å². The molecule has 10 heteroatoms. The second kappa shape index (κ2) is 7.60. The molecular formula is C15H18N4O6. The zero-order valence-corrected chi connectivity index (χ0v) is 13.3. The van der Waals surface area contributed by atoms with Gasteiger partial charge in [0.15, 0.2) is 17.6 Å². The van der Waals surface area contributed by atoms with Crippen molar-refractivity contribution in [2.24, 2.45) is 10.9 Å². The summed E-state index contributed by atoms with van der Waals surface area (Å²) in [7, 11) is 0. The van der Waals surface area contributed by atoms with Crippen molar-refractivity contribution in [1.29, 1.82) is 0 Å². The molecule has 3 amide bonds. The number of oxime groups is 1. The van der Waals surface area contributed by atoms with E-state index in [0.29, 0.717) is 30.4 Å². The van der Waals surface area contributed by atoms with E-state index in [0.717, 1.165) is 0 Å². The van der Waals surface area contributed by atoms with E-state index in [1.807, 2.05) is 0 Å². The number of fused-ring (bicyclic) bond motifs is 1. The first kappa shape index (κ1) is 16.7. The largest absolute Gasteiger partial charge is 0.492 e. The highest BCUT2D eigenvalue weighted by atomic mass is 16.7. The monoisotopic (exact) mass is 350 g/mol. The second-order valence-electron chi connectivity index (χ2n) is 5.33. The van der Waals surface area contributed by atoms with Crippen molar-refractivity contribution in [1.82, 2.24) is 10.6 Å². The fraction of sp³-hybridized carbons (Fsp3) is 0.400. The van der Waals surface area contributed by atoms with E-state index in [-0.39, 0.29) is 31.5 Å². The van der Waals surface area contributed by atoms with Gasteiger partial charge in [0.05, 0.1) is 13.1 Å². The number of urea groups is 1. The molecule has 1 aromatic rings. The second-order valence-corrected chi connectivity index (χ2v) is 5.33. The average Bonchev–Trinajstić information content (AvgIpc) is 3.25. The summed E-state index contributed by atoms with van der Waals surface area (Å²) >= 11 is 0. The first-order chi connectivity index (χ1) is 12.1. The third kappa shape index (κ3) is 4.43. The Bertz CT molecular complexity index is 693. The van der Waals surface area contributed by atoms with Gasteiger partial charge in [-0.15, -0.1) is 0 Å². The number of nitrogens with zero attached hydrogens (tertiary/aromatic N) is 1. The normalized spacial score (nSPS) is 17.4. The van der Waals surface area contributed by atoms with E-state index in [1.165, 1.54) is 0 Å². The van der Waals surface area contributed by atoms with Crippen molar-refractivity contribution in [3.05, 3.63) is 18.2 Å². The molecule has 1 atom stereocenters. The third-order valence-electron chi connectivity index (χ3n) is 3.51. The fourth-order valence-electron chi connectivity index (χ4n) is 2.25. The van der Waals surface area contributed by atoms with Crippen LogP contribution in [0.1, 0.15) is 6.42 Å².